The molecule has 0 radical (unpaired) electrons. The van der Waals surface area contributed by atoms with Crippen LogP contribution < -0.4 is 16.4 Å². The number of halogens is 1. The van der Waals surface area contributed by atoms with E-state index in [2.05, 4.69) is 10.6 Å². The van der Waals surface area contributed by atoms with Crippen LogP contribution in [0.2, 0.25) is 0 Å². The van der Waals surface area contributed by atoms with Gasteiger partial charge in [0.15, 0.2) is 17.1 Å². The number of allylic oxidation sites excluding steroid dienone is 2. The molecule has 3 aliphatic carbocycles. The number of benzene rings is 1. The van der Waals surface area contributed by atoms with E-state index < -0.39 is 80.6 Å². The Morgan fingerprint density at radius 1 is 1.24 bits per heavy atom. The van der Waals surface area contributed by atoms with Crippen LogP contribution in [0.1, 0.15) is 49.0 Å². The Balaban J connectivity index is 1.75. The van der Waals surface area contributed by atoms with Crippen LogP contribution in [0.5, 0.6) is 5.75 Å². The van der Waals surface area contributed by atoms with Crippen molar-refractivity contribution in [2.45, 2.75) is 51.2 Å². The maximum absolute atomic E-state index is 15.1. The summed E-state index contributed by atoms with van der Waals surface area (Å²) in [5, 5.41) is 48.5. The number of hydrogen-bond acceptors (Lipinski definition) is 9. The van der Waals surface area contributed by atoms with E-state index in [1.807, 2.05) is 13.8 Å². The molecule has 1 unspecified atom stereocenters. The van der Waals surface area contributed by atoms with Crippen molar-refractivity contribution in [1.82, 2.24) is 5.32 Å². The summed E-state index contributed by atoms with van der Waals surface area (Å²) in [6.45, 7) is 3.65. The quantitative estimate of drug-likeness (QED) is 0.213. The number of amides is 2. The number of rotatable bonds is 6. The van der Waals surface area contributed by atoms with Gasteiger partial charge in [-0.3, -0.25) is 19.2 Å². The Morgan fingerprint density at radius 3 is 2.54 bits per heavy atom. The number of primary amides is 1. The average Bonchev–Trinajstić information content (AvgIpc) is 2.82. The van der Waals surface area contributed by atoms with Gasteiger partial charge in [-0.25, -0.2) is 4.39 Å². The maximum Gasteiger partial charge on any atom is 0.255 e. The topological polar surface area (TPSA) is 199 Å². The van der Waals surface area contributed by atoms with Gasteiger partial charge in [0.1, 0.15) is 22.9 Å². The summed E-state index contributed by atoms with van der Waals surface area (Å²) in [5.74, 6) is -9.52. The summed E-state index contributed by atoms with van der Waals surface area (Å²) < 4.78 is 15.1. The number of nitrogens with one attached hydrogen (secondary N) is 2. The summed E-state index contributed by atoms with van der Waals surface area (Å²) >= 11 is 0. The Kier molecular flexibility index (Phi) is 6.59. The van der Waals surface area contributed by atoms with Crippen LogP contribution in [0.15, 0.2) is 28.7 Å². The summed E-state index contributed by atoms with van der Waals surface area (Å²) in [6.07, 6.45) is 0.103. The zero-order valence-electron chi connectivity index (χ0n) is 20.2. The van der Waals surface area contributed by atoms with Crippen molar-refractivity contribution in [2.24, 2.45) is 17.6 Å². The monoisotopic (exact) mass is 517 g/mol. The number of ketones is 2. The first kappa shape index (κ1) is 26.3. The fourth-order valence-electron chi connectivity index (χ4n) is 5.34. The predicted molar refractivity (Wildman–Crippen MR) is 127 cm³/mol. The first-order valence-corrected chi connectivity index (χ1v) is 11.9. The average molecular weight is 518 g/mol. The van der Waals surface area contributed by atoms with Gasteiger partial charge in [-0.2, -0.15) is 0 Å². The smallest absolute Gasteiger partial charge is 0.255 e. The minimum absolute atomic E-state index is 0.0308. The van der Waals surface area contributed by atoms with Crippen LogP contribution in [-0.4, -0.2) is 62.0 Å². The van der Waals surface area contributed by atoms with E-state index in [4.69, 9.17) is 5.73 Å². The highest BCUT2D eigenvalue weighted by molar-refractivity contribution is 6.24. The fraction of sp³-hybridized carbons (Fsp3) is 0.440. The Hall–Kier alpha value is -3.77. The van der Waals surface area contributed by atoms with Gasteiger partial charge in [0.25, 0.3) is 5.91 Å². The number of aliphatic hydroxyl groups is 3. The second kappa shape index (κ2) is 9.27. The van der Waals surface area contributed by atoms with Gasteiger partial charge in [-0.1, -0.05) is 6.92 Å². The highest BCUT2D eigenvalue weighted by Crippen LogP contribution is 2.52. The molecule has 11 nitrogen and oxygen atoms in total. The largest absolute Gasteiger partial charge is 0.511 e. The van der Waals surface area contributed by atoms with Crippen molar-refractivity contribution < 1.29 is 44.0 Å². The molecule has 2 amide bonds. The summed E-state index contributed by atoms with van der Waals surface area (Å²) in [4.78, 5) is 50.5. The predicted octanol–water partition coefficient (Wildman–Crippen LogP) is 1.05. The molecule has 0 spiro atoms. The minimum Gasteiger partial charge on any atom is -0.511 e. The number of phenolic OH excluding ortho intramolecular Hbond substituents is 1. The number of carbonyl (C=O) groups is 4. The maximum atomic E-state index is 15.1. The third-order valence-corrected chi connectivity index (χ3v) is 7.51. The van der Waals surface area contributed by atoms with Crippen LogP contribution >= 0.6 is 0 Å². The van der Waals surface area contributed by atoms with Crippen molar-refractivity contribution in [3.05, 3.63) is 45.7 Å². The molecule has 1 aromatic rings. The number of aromatic hydroxyl groups is 1. The lowest BCUT2D eigenvalue weighted by atomic mass is 9.60. The number of aliphatic hydroxyl groups excluding tert-OH is 2. The molecule has 1 aromatic carbocycles. The SMILES string of the molecule is CC[C@H](C)NCC(=O)Nc1cc(F)c2c(c1O)C(=O)C1=C(O)[C@]3(O)C(=O)C(C(N)=O)=C(O)C[C@@H]3CC1C2. The zero-order valence-corrected chi connectivity index (χ0v) is 20.2. The number of hydrogen-bond donors (Lipinski definition) is 7. The number of fused-ring (bicyclic) bond motifs is 3. The van der Waals surface area contributed by atoms with Crippen LogP contribution in [0.4, 0.5) is 10.1 Å². The highest BCUT2D eigenvalue weighted by atomic mass is 19.1. The summed E-state index contributed by atoms with van der Waals surface area (Å²) in [5.41, 5.74) is 0.147. The molecule has 0 heterocycles. The lowest BCUT2D eigenvalue weighted by molar-refractivity contribution is -0.144. The molecule has 3 aliphatic rings. The van der Waals surface area contributed by atoms with Crippen LogP contribution in [-0.2, 0) is 20.8 Å². The molecule has 8 N–H and O–H groups in total. The van der Waals surface area contributed by atoms with Gasteiger partial charge in [0, 0.05) is 35.6 Å². The molecule has 37 heavy (non-hydrogen) atoms. The first-order valence-electron chi connectivity index (χ1n) is 11.9. The molecule has 198 valence electrons. The van der Waals surface area contributed by atoms with Crippen molar-refractivity contribution in [3.63, 3.8) is 0 Å². The Labute approximate surface area is 210 Å². The molecule has 0 bridgehead atoms. The zero-order chi connectivity index (χ0) is 27.4. The van der Waals surface area contributed by atoms with Crippen LogP contribution in [0, 0.1) is 17.7 Å². The molecule has 4 rings (SSSR count). The standard InChI is InChI=1S/C25H28FN3O8/c1-3-9(2)28-8-16(31)29-14-7-13(26)12-5-10-4-11-6-15(30)19(24(27)36)23(35)25(11,37)22(34)17(10)21(33)18(12)20(14)32/h7,9-11,28,30,32,34,37H,3-6,8H2,1-2H3,(H2,27,36)(H,29,31)/t9-,10?,11-,25-/m0/s1. The summed E-state index contributed by atoms with van der Waals surface area (Å²) in [7, 11) is 0. The molecule has 12 heteroatoms. The molecule has 0 saturated carbocycles. The fourth-order valence-corrected chi connectivity index (χ4v) is 5.34. The van der Waals surface area contributed by atoms with Gasteiger partial charge in [-0.15, -0.1) is 0 Å². The second-order valence-electron chi connectivity index (χ2n) is 9.76. The molecule has 0 fully saturated rings. The van der Waals surface area contributed by atoms with Crippen molar-refractivity contribution in [1.29, 1.82) is 0 Å². The molecular formula is C25H28FN3O8. The van der Waals surface area contributed by atoms with Crippen molar-refractivity contribution in [3.8, 4) is 5.75 Å². The first-order chi connectivity index (χ1) is 17.3. The van der Waals surface area contributed by atoms with Gasteiger partial charge in [-0.05, 0) is 32.1 Å². The molecule has 0 aromatic heterocycles. The van der Waals surface area contributed by atoms with E-state index in [1.54, 1.807) is 0 Å². The third kappa shape index (κ3) is 4.05. The summed E-state index contributed by atoms with van der Waals surface area (Å²) in [6, 6.07) is 0.928. The van der Waals surface area contributed by atoms with Gasteiger partial charge >= 0.3 is 0 Å². The number of nitrogens with two attached hydrogens (primary N) is 1. The van der Waals surface area contributed by atoms with Gasteiger partial charge in [0.05, 0.1) is 17.8 Å². The minimum atomic E-state index is -2.71. The number of Topliss-reactive ketones (excluding diaryl/α,β-unsaturated/α-hetero) is 2. The van der Waals surface area contributed by atoms with E-state index in [0.717, 1.165) is 12.5 Å². The van der Waals surface area contributed by atoms with E-state index in [-0.39, 0.29) is 43.1 Å². The third-order valence-electron chi connectivity index (χ3n) is 7.51. The lowest BCUT2D eigenvalue weighted by Gasteiger charge is -2.45. The van der Waals surface area contributed by atoms with E-state index in [0.29, 0.717) is 0 Å². The number of anilines is 1. The van der Waals surface area contributed by atoms with E-state index in [9.17, 15) is 39.6 Å². The molecule has 0 saturated heterocycles. The van der Waals surface area contributed by atoms with Gasteiger partial charge < -0.3 is 36.8 Å². The van der Waals surface area contributed by atoms with Gasteiger partial charge in [0.2, 0.25) is 11.7 Å². The van der Waals surface area contributed by atoms with Crippen molar-refractivity contribution >= 4 is 29.1 Å². The molecular weight excluding hydrogens is 489 g/mol. The van der Waals surface area contributed by atoms with E-state index >= 15 is 4.39 Å². The molecule has 0 aliphatic heterocycles. The van der Waals surface area contributed by atoms with Crippen LogP contribution in [0.25, 0.3) is 0 Å². The molecule has 4 atom stereocenters. The Bertz CT molecular complexity index is 1300. The van der Waals surface area contributed by atoms with Crippen LogP contribution in [0.3, 0.4) is 0 Å². The highest BCUT2D eigenvalue weighted by Gasteiger charge is 2.59. The normalized spacial score (nSPS) is 25.8. The van der Waals surface area contributed by atoms with Crippen molar-refractivity contribution in [2.75, 3.05) is 11.9 Å². The van der Waals surface area contributed by atoms with E-state index in [1.165, 1.54) is 0 Å². The Morgan fingerprint density at radius 2 is 1.92 bits per heavy atom. The number of phenols is 1. The number of carbonyl (C=O) groups excluding carboxylic acids is 4. The second-order valence-corrected chi connectivity index (χ2v) is 9.76. The lowest BCUT2D eigenvalue weighted by Crippen LogP contribution is -2.57.